The fourth-order valence-electron chi connectivity index (χ4n) is 15.9. The second-order valence-corrected chi connectivity index (χ2v) is 24.0. The number of nitrogens with zero attached hydrogens (tertiary/aromatic N) is 1. The van der Waals surface area contributed by atoms with Crippen LogP contribution in [0.2, 0.25) is 0 Å². The third-order valence-corrected chi connectivity index (χ3v) is 19.9. The van der Waals surface area contributed by atoms with Crippen LogP contribution in [0.3, 0.4) is 0 Å². The molecule has 4 aliphatic carbocycles. The summed E-state index contributed by atoms with van der Waals surface area (Å²) >= 11 is 0. The molecule has 1 unspecified atom stereocenters. The monoisotopic (exact) mass is 1030 g/mol. The van der Waals surface area contributed by atoms with Gasteiger partial charge in [0.15, 0.2) is 31.1 Å². The number of rotatable bonds is 11. The van der Waals surface area contributed by atoms with E-state index in [0.717, 1.165) is 51.0 Å². The molecule has 6 aliphatic heterocycles. The Morgan fingerprint density at radius 2 is 1.18 bits per heavy atom. The maximum absolute atomic E-state index is 11.8. The van der Waals surface area contributed by atoms with Crippen LogP contribution in [0.4, 0.5) is 0 Å². The minimum atomic E-state index is -2.00. The molecular formula is C50H81NO21. The van der Waals surface area contributed by atoms with Crippen molar-refractivity contribution in [3.05, 3.63) is 0 Å². The molecule has 12 N–H and O–H groups in total. The minimum absolute atomic E-state index is 0.0148. The molecule has 0 radical (unpaired) electrons. The molecule has 22 nitrogen and oxygen atoms in total. The lowest BCUT2D eigenvalue weighted by atomic mass is 9.44. The lowest BCUT2D eigenvalue weighted by Gasteiger charge is -2.61. The van der Waals surface area contributed by atoms with E-state index < -0.39 is 143 Å². The van der Waals surface area contributed by atoms with E-state index in [4.69, 9.17) is 47.6 Å². The molecule has 6 heterocycles. The van der Waals surface area contributed by atoms with Crippen LogP contribution in [-0.2, 0) is 42.6 Å². The topological polar surface area (TPSA) is 338 Å². The zero-order valence-electron chi connectivity index (χ0n) is 41.7. The van der Waals surface area contributed by atoms with Crippen LogP contribution >= 0.6 is 0 Å². The molecule has 4 saturated carbocycles. The number of hydrogen-bond acceptors (Lipinski definition) is 22. The fourth-order valence-corrected chi connectivity index (χ4v) is 15.9. The Bertz CT molecular complexity index is 1900. The van der Waals surface area contributed by atoms with Crippen molar-refractivity contribution in [2.75, 3.05) is 33.0 Å². The van der Waals surface area contributed by atoms with Gasteiger partial charge in [-0.1, -0.05) is 27.7 Å². The highest BCUT2D eigenvalue weighted by Gasteiger charge is 2.70. The highest BCUT2D eigenvalue weighted by atomic mass is 16.8. The third kappa shape index (κ3) is 9.12. The SMILES string of the molecule is C[C@H]1CC[C@]2(C)C(=NC1)O[C@H]1C[C@H]3[C@@H]4CC[C@H]5C[C@@H](O[C@@H]6O[C@H](CO)[C@H](O[C@@H]7O[C@H](CO)[C@@H](O)[C@H](O[C@@H]8OC[C@@H](O)[C@H](O)[C@H]8O)[C@H]7O[C@@H]7O[C@H](CO)[C@@H](O)[C@H](O)[C@H]7O)[C@H](O)[C@H]6O)CC[C@]5(C)[C@H]4CC[C@]3(C)C12. The van der Waals surface area contributed by atoms with Crippen LogP contribution in [0, 0.1) is 51.8 Å². The molecular weight excluding hydrogens is 951 g/mol. The smallest absolute Gasteiger partial charge is 0.190 e. The first-order valence-corrected chi connectivity index (χ1v) is 26.6. The Morgan fingerprint density at radius 1 is 0.556 bits per heavy atom. The largest absolute Gasteiger partial charge is 0.477 e. The van der Waals surface area contributed by atoms with Crippen LogP contribution < -0.4 is 0 Å². The Labute approximate surface area is 419 Å². The molecule has 72 heavy (non-hydrogen) atoms. The summed E-state index contributed by atoms with van der Waals surface area (Å²) in [6, 6.07) is 0. The van der Waals surface area contributed by atoms with E-state index in [0.29, 0.717) is 41.9 Å². The fraction of sp³-hybridized carbons (Fsp3) is 0.980. The van der Waals surface area contributed by atoms with Crippen LogP contribution in [0.15, 0.2) is 4.99 Å². The molecule has 9 fully saturated rings. The summed E-state index contributed by atoms with van der Waals surface area (Å²) < 4.78 is 54.7. The first-order valence-electron chi connectivity index (χ1n) is 26.6. The Morgan fingerprint density at radius 3 is 1.92 bits per heavy atom. The summed E-state index contributed by atoms with van der Waals surface area (Å²) in [6.45, 7) is 7.61. The Balaban J connectivity index is 0.820. The van der Waals surface area contributed by atoms with Gasteiger partial charge in [-0.2, -0.15) is 0 Å². The summed E-state index contributed by atoms with van der Waals surface area (Å²) in [4.78, 5) is 5.04. The van der Waals surface area contributed by atoms with E-state index in [9.17, 15) is 61.3 Å². The van der Waals surface area contributed by atoms with Crippen molar-refractivity contribution < 1.29 is 104 Å². The lowest BCUT2D eigenvalue weighted by molar-refractivity contribution is -0.404. The number of aliphatic hydroxyl groups is 12. The van der Waals surface area contributed by atoms with Crippen molar-refractivity contribution in [1.82, 2.24) is 0 Å². The molecule has 0 bridgehead atoms. The number of aliphatic imine (C=N–C) groups is 1. The van der Waals surface area contributed by atoms with Crippen molar-refractivity contribution in [3.8, 4) is 0 Å². The van der Waals surface area contributed by atoms with Crippen molar-refractivity contribution in [1.29, 1.82) is 0 Å². The van der Waals surface area contributed by atoms with Crippen LogP contribution in [-0.4, -0.2) is 229 Å². The first kappa shape index (κ1) is 54.0. The molecule has 10 aliphatic rings. The van der Waals surface area contributed by atoms with Gasteiger partial charge in [-0.05, 0) is 105 Å². The molecule has 0 amide bonds. The minimum Gasteiger partial charge on any atom is -0.477 e. The predicted molar refractivity (Wildman–Crippen MR) is 245 cm³/mol. The third-order valence-electron chi connectivity index (χ3n) is 19.9. The second kappa shape index (κ2) is 20.8. The molecule has 22 heteroatoms. The summed E-state index contributed by atoms with van der Waals surface area (Å²) in [5.41, 5.74) is 0.267. The average Bonchev–Trinajstić information content (AvgIpc) is 3.78. The highest BCUT2D eigenvalue weighted by Crippen LogP contribution is 2.72. The zero-order chi connectivity index (χ0) is 51.3. The van der Waals surface area contributed by atoms with Crippen molar-refractivity contribution >= 4 is 5.90 Å². The van der Waals surface area contributed by atoms with Gasteiger partial charge in [0.1, 0.15) is 97.7 Å². The van der Waals surface area contributed by atoms with E-state index >= 15 is 0 Å². The van der Waals surface area contributed by atoms with E-state index in [1.807, 2.05) is 0 Å². The van der Waals surface area contributed by atoms with Crippen LogP contribution in [0.25, 0.3) is 0 Å². The number of fused-ring (bicyclic) bond motifs is 9. The van der Waals surface area contributed by atoms with Gasteiger partial charge in [-0.15, -0.1) is 0 Å². The maximum atomic E-state index is 11.8. The molecule has 0 aromatic heterocycles. The summed E-state index contributed by atoms with van der Waals surface area (Å²) in [5.74, 6) is 4.16. The Hall–Kier alpha value is -1.33. The van der Waals surface area contributed by atoms with E-state index in [-0.39, 0.29) is 28.5 Å². The van der Waals surface area contributed by atoms with Crippen LogP contribution in [0.5, 0.6) is 0 Å². The normalized spacial score (nSPS) is 56.6. The van der Waals surface area contributed by atoms with Gasteiger partial charge in [0.2, 0.25) is 0 Å². The molecule has 0 aromatic carbocycles. The predicted octanol–water partition coefficient (Wildman–Crippen LogP) is -2.21. The van der Waals surface area contributed by atoms with E-state index in [1.165, 1.54) is 19.3 Å². The standard InChI is InChI=1S/C50H81NO21/c1-20-7-10-50(4)42-27(69-47(50)51-15-20)14-25-23-6-5-21-13-22(8-11-48(21,2)24(23)9-12-49(25,42)3)65-44-38(63)35(60)39(30(18-54)68-44)70-46-41(72-45-37(62)34(59)32(57)28(16-52)66-45)40(33(58)29(17-53)67-46)71-43-36(61)31(56)26(55)19-64-43/h20-46,52-63H,5-19H2,1-4H3/t20-,21-,22-,23+,24-,25-,26+,27-,28+,29+,30+,31-,32+,33+,34-,35+,36+,37+,38+,39-,40-,41+,42?,43-,44+,45-,46-,48-,49-,50-/m0/s1. The molecule has 10 rings (SSSR count). The summed E-state index contributed by atoms with van der Waals surface area (Å²) in [5, 5.41) is 129. The number of hydrogen-bond donors (Lipinski definition) is 12. The quantitative estimate of drug-likeness (QED) is 0.0976. The van der Waals surface area contributed by atoms with Gasteiger partial charge in [0.05, 0.1) is 37.9 Å². The van der Waals surface area contributed by atoms with Gasteiger partial charge in [-0.25, -0.2) is 0 Å². The van der Waals surface area contributed by atoms with E-state index in [1.54, 1.807) is 0 Å². The van der Waals surface area contributed by atoms with Gasteiger partial charge in [0.25, 0.3) is 0 Å². The summed E-state index contributed by atoms with van der Waals surface area (Å²) in [6.07, 6.45) is -22.7. The van der Waals surface area contributed by atoms with E-state index in [2.05, 4.69) is 27.7 Å². The lowest BCUT2D eigenvalue weighted by Crippen LogP contribution is -2.68. The zero-order valence-corrected chi connectivity index (χ0v) is 41.7. The molecule has 30 atom stereocenters. The van der Waals surface area contributed by atoms with Gasteiger partial charge >= 0.3 is 0 Å². The molecule has 0 spiro atoms. The van der Waals surface area contributed by atoms with Crippen molar-refractivity contribution in [3.63, 3.8) is 0 Å². The van der Waals surface area contributed by atoms with Crippen LogP contribution in [0.1, 0.15) is 91.9 Å². The van der Waals surface area contributed by atoms with Crippen molar-refractivity contribution in [2.24, 2.45) is 56.7 Å². The summed E-state index contributed by atoms with van der Waals surface area (Å²) in [7, 11) is 0. The molecule has 5 saturated heterocycles. The number of aliphatic hydroxyl groups excluding tert-OH is 12. The van der Waals surface area contributed by atoms with Gasteiger partial charge in [-0.3, -0.25) is 4.99 Å². The van der Waals surface area contributed by atoms with Crippen molar-refractivity contribution in [2.45, 2.75) is 221 Å². The molecule has 412 valence electrons. The second-order valence-electron chi connectivity index (χ2n) is 24.0. The van der Waals surface area contributed by atoms with Gasteiger partial charge < -0.3 is 104 Å². The Kier molecular flexibility index (Phi) is 15.6. The molecule has 0 aromatic rings. The number of ether oxygens (including phenoxy) is 9. The van der Waals surface area contributed by atoms with Gasteiger partial charge in [0, 0.05) is 12.5 Å². The first-order chi connectivity index (χ1) is 34.3. The highest BCUT2D eigenvalue weighted by molar-refractivity contribution is 5.85. The average molecular weight is 1030 g/mol. The maximum Gasteiger partial charge on any atom is 0.190 e.